The van der Waals surface area contributed by atoms with Crippen molar-refractivity contribution in [2.45, 2.75) is 46.0 Å². The zero-order chi connectivity index (χ0) is 17.7. The average Bonchev–Trinajstić information content (AvgIpc) is 3.38. The SMILES string of the molecule is COC(=O)[C@]1(C)C2C3CCCC3C3C2C2C4C5C(CCC5C21)C(=O)C34C. The second-order valence-electron chi connectivity index (χ2n) is 11.4. The van der Waals surface area contributed by atoms with Gasteiger partial charge in [-0.05, 0) is 91.8 Å². The van der Waals surface area contributed by atoms with E-state index < -0.39 is 0 Å². The van der Waals surface area contributed by atoms with Gasteiger partial charge < -0.3 is 4.74 Å². The number of methoxy groups -OCH3 is 1. The van der Waals surface area contributed by atoms with E-state index >= 15 is 0 Å². The molecular weight excluding hydrogens is 324 g/mol. The Morgan fingerprint density at radius 2 is 1.54 bits per heavy atom. The van der Waals surface area contributed by atoms with Crippen LogP contribution >= 0.6 is 0 Å². The third-order valence-electron chi connectivity index (χ3n) is 11.6. The van der Waals surface area contributed by atoms with Gasteiger partial charge in [-0.25, -0.2) is 0 Å². The van der Waals surface area contributed by atoms with Gasteiger partial charge in [-0.2, -0.15) is 0 Å². The van der Waals surface area contributed by atoms with Crippen molar-refractivity contribution >= 4 is 11.8 Å². The van der Waals surface area contributed by atoms with Gasteiger partial charge in [-0.1, -0.05) is 13.3 Å². The lowest BCUT2D eigenvalue weighted by atomic mass is 9.64. The molecule has 0 N–H and O–H groups in total. The second-order valence-corrected chi connectivity index (χ2v) is 11.4. The number of Topliss-reactive ketones (excluding diaryl/α,β-unsaturated/α-hetero) is 1. The fourth-order valence-corrected chi connectivity index (χ4v) is 11.7. The Morgan fingerprint density at radius 3 is 2.27 bits per heavy atom. The normalized spacial score (nSPS) is 68.0. The summed E-state index contributed by atoms with van der Waals surface area (Å²) in [5.74, 6) is 7.02. The topological polar surface area (TPSA) is 43.4 Å². The van der Waals surface area contributed by atoms with E-state index in [2.05, 4.69) is 13.8 Å². The van der Waals surface area contributed by atoms with E-state index in [0.29, 0.717) is 70.9 Å². The van der Waals surface area contributed by atoms with Gasteiger partial charge in [0.15, 0.2) is 0 Å². The molecule has 140 valence electrons. The van der Waals surface area contributed by atoms with E-state index in [4.69, 9.17) is 4.74 Å². The van der Waals surface area contributed by atoms with Crippen molar-refractivity contribution in [1.82, 2.24) is 0 Å². The molecule has 0 aromatic rings. The number of hydrogen-bond donors (Lipinski definition) is 0. The van der Waals surface area contributed by atoms with E-state index in [1.165, 1.54) is 25.7 Å². The van der Waals surface area contributed by atoms with Gasteiger partial charge in [0.1, 0.15) is 5.78 Å². The molecule has 12 unspecified atom stereocenters. The van der Waals surface area contributed by atoms with Crippen molar-refractivity contribution in [2.24, 2.45) is 75.9 Å². The minimum atomic E-state index is -0.291. The van der Waals surface area contributed by atoms with Crippen LogP contribution in [0.1, 0.15) is 46.0 Å². The first-order valence-corrected chi connectivity index (χ1v) is 11.1. The van der Waals surface area contributed by atoms with Gasteiger partial charge in [0.2, 0.25) is 0 Å². The van der Waals surface area contributed by atoms with E-state index in [1.54, 1.807) is 7.11 Å². The molecule has 3 heteroatoms. The molecule has 3 nitrogen and oxygen atoms in total. The molecule has 26 heavy (non-hydrogen) atoms. The predicted octanol–water partition coefficient (Wildman–Crippen LogP) is 3.57. The minimum absolute atomic E-state index is 0.0580. The highest BCUT2D eigenvalue weighted by atomic mass is 16.5. The van der Waals surface area contributed by atoms with Crippen LogP contribution in [0.4, 0.5) is 0 Å². The van der Waals surface area contributed by atoms with E-state index in [1.807, 2.05) is 0 Å². The molecule has 7 rings (SSSR count). The van der Waals surface area contributed by atoms with Crippen molar-refractivity contribution in [3.05, 3.63) is 0 Å². The van der Waals surface area contributed by atoms with Gasteiger partial charge >= 0.3 is 5.97 Å². The van der Waals surface area contributed by atoms with Crippen molar-refractivity contribution in [1.29, 1.82) is 0 Å². The molecule has 0 spiro atoms. The van der Waals surface area contributed by atoms with Gasteiger partial charge in [-0.15, -0.1) is 0 Å². The van der Waals surface area contributed by atoms with Crippen LogP contribution < -0.4 is 0 Å². The maximum absolute atomic E-state index is 13.7. The molecule has 0 aromatic carbocycles. The Morgan fingerprint density at radius 1 is 0.885 bits per heavy atom. The molecule has 0 heterocycles. The Bertz CT molecular complexity index is 751. The van der Waals surface area contributed by atoms with Gasteiger partial charge in [0.25, 0.3) is 0 Å². The van der Waals surface area contributed by atoms with Crippen LogP contribution in [0.2, 0.25) is 0 Å². The number of ether oxygens (including phenoxy) is 1. The molecule has 0 aromatic heterocycles. The summed E-state index contributed by atoms with van der Waals surface area (Å²) >= 11 is 0. The van der Waals surface area contributed by atoms with Gasteiger partial charge in [-0.3, -0.25) is 9.59 Å². The van der Waals surface area contributed by atoms with Crippen molar-refractivity contribution in [3.63, 3.8) is 0 Å². The average molecular weight is 354 g/mol. The van der Waals surface area contributed by atoms with E-state index in [0.717, 1.165) is 6.42 Å². The molecule has 7 aliphatic rings. The number of hydrogen-bond acceptors (Lipinski definition) is 3. The van der Waals surface area contributed by atoms with Crippen molar-refractivity contribution < 1.29 is 14.3 Å². The van der Waals surface area contributed by atoms with Crippen LogP contribution in [0.25, 0.3) is 0 Å². The second kappa shape index (κ2) is 4.10. The lowest BCUT2D eigenvalue weighted by Crippen LogP contribution is -2.44. The molecule has 7 saturated carbocycles. The number of rotatable bonds is 1. The fraction of sp³-hybridized carbons (Fsp3) is 0.913. The molecule has 13 atom stereocenters. The van der Waals surface area contributed by atoms with Crippen LogP contribution in [0.15, 0.2) is 0 Å². The molecular formula is C23H30O3. The maximum Gasteiger partial charge on any atom is 0.312 e. The van der Waals surface area contributed by atoms with Gasteiger partial charge in [0, 0.05) is 11.3 Å². The standard InChI is InChI=1S/C23H30O3/c1-22-16-9-5-4-6-10(9)17-14(16)15-18(23(17,2)21(25)26-3)11-7-8-12(20(22)24)13(11)19(15)22/h9-19H,4-8H2,1-3H3/t9?,10?,11?,12?,13?,14?,15?,16?,17?,18?,19?,22?,23-/m1/s1. The predicted molar refractivity (Wildman–Crippen MR) is 94.7 cm³/mol. The third-order valence-corrected chi connectivity index (χ3v) is 11.6. The highest BCUT2D eigenvalue weighted by Crippen LogP contribution is 2.87. The lowest BCUT2D eigenvalue weighted by Gasteiger charge is -2.39. The smallest absolute Gasteiger partial charge is 0.312 e. The summed E-state index contributed by atoms with van der Waals surface area (Å²) in [5.41, 5.74) is -0.349. The summed E-state index contributed by atoms with van der Waals surface area (Å²) in [4.78, 5) is 26.9. The molecule has 7 aliphatic carbocycles. The highest BCUT2D eigenvalue weighted by molar-refractivity contribution is 5.92. The Hall–Kier alpha value is -0.860. The largest absolute Gasteiger partial charge is 0.469 e. The zero-order valence-electron chi connectivity index (χ0n) is 16.1. The van der Waals surface area contributed by atoms with E-state index in [9.17, 15) is 9.59 Å². The summed E-state index contributed by atoms with van der Waals surface area (Å²) in [6.07, 6.45) is 6.15. The molecule has 0 aliphatic heterocycles. The number of esters is 1. The Balaban J connectivity index is 1.51. The summed E-state index contributed by atoms with van der Waals surface area (Å²) < 4.78 is 5.48. The summed E-state index contributed by atoms with van der Waals surface area (Å²) in [6, 6.07) is 0. The third kappa shape index (κ3) is 1.13. The molecule has 0 saturated heterocycles. The van der Waals surface area contributed by atoms with Crippen LogP contribution in [0.5, 0.6) is 0 Å². The molecule has 0 bridgehead atoms. The number of fused-ring (bicyclic) bond motifs is 5. The van der Waals surface area contributed by atoms with Crippen LogP contribution in [0, 0.1) is 75.9 Å². The van der Waals surface area contributed by atoms with Gasteiger partial charge in [0.05, 0.1) is 12.5 Å². The van der Waals surface area contributed by atoms with Crippen molar-refractivity contribution in [2.75, 3.05) is 7.11 Å². The van der Waals surface area contributed by atoms with Crippen LogP contribution in [-0.4, -0.2) is 18.9 Å². The first kappa shape index (κ1) is 15.1. The summed E-state index contributed by atoms with van der Waals surface area (Å²) in [5, 5.41) is 0. The quantitative estimate of drug-likeness (QED) is 0.676. The lowest BCUT2D eigenvalue weighted by molar-refractivity contribution is -0.160. The summed E-state index contributed by atoms with van der Waals surface area (Å²) in [6.45, 7) is 4.67. The number of carbonyl (C=O) groups excluding carboxylic acids is 2. The van der Waals surface area contributed by atoms with Crippen LogP contribution in [-0.2, 0) is 14.3 Å². The molecule has 7 fully saturated rings. The number of ketones is 1. The van der Waals surface area contributed by atoms with E-state index in [-0.39, 0.29) is 16.8 Å². The first-order valence-electron chi connectivity index (χ1n) is 11.1. The monoisotopic (exact) mass is 354 g/mol. The minimum Gasteiger partial charge on any atom is -0.469 e. The fourth-order valence-electron chi connectivity index (χ4n) is 11.7. The van der Waals surface area contributed by atoms with Crippen LogP contribution in [0.3, 0.4) is 0 Å². The highest BCUT2D eigenvalue weighted by Gasteiger charge is 2.87. The zero-order valence-corrected chi connectivity index (χ0v) is 16.1. The molecule has 0 amide bonds. The number of carbonyl (C=O) groups is 2. The van der Waals surface area contributed by atoms with Crippen molar-refractivity contribution in [3.8, 4) is 0 Å². The summed E-state index contributed by atoms with van der Waals surface area (Å²) in [7, 11) is 1.60. The molecule has 0 radical (unpaired) electrons. The Labute approximate surface area is 155 Å². The Kier molecular flexibility index (Phi) is 2.38. The maximum atomic E-state index is 13.7. The first-order chi connectivity index (χ1) is 12.5.